The van der Waals surface area contributed by atoms with E-state index in [-0.39, 0.29) is 5.91 Å². The highest BCUT2D eigenvalue weighted by molar-refractivity contribution is 5.93. The highest BCUT2D eigenvalue weighted by Crippen LogP contribution is 2.08. The first-order valence-corrected chi connectivity index (χ1v) is 8.45. The third-order valence-electron chi connectivity index (χ3n) is 3.98. The van der Waals surface area contributed by atoms with Gasteiger partial charge in [-0.25, -0.2) is 4.98 Å². The predicted octanol–water partition coefficient (Wildman–Crippen LogP) is 2.88. The highest BCUT2D eigenvalue weighted by Gasteiger charge is 2.08. The van der Waals surface area contributed by atoms with E-state index in [0.717, 1.165) is 30.5 Å². The van der Waals surface area contributed by atoms with Crippen LogP contribution in [0.25, 0.3) is 11.0 Å². The monoisotopic (exact) mass is 334 g/mol. The average Bonchev–Trinajstić information content (AvgIpc) is 2.65. The third kappa shape index (κ3) is 4.84. The van der Waals surface area contributed by atoms with Crippen molar-refractivity contribution in [3.63, 3.8) is 0 Å². The van der Waals surface area contributed by atoms with Gasteiger partial charge in [0.05, 0.1) is 17.2 Å². The molecule has 1 amide bonds. The van der Waals surface area contributed by atoms with Gasteiger partial charge in [0.2, 0.25) is 0 Å². The number of nitrogens with zero attached hydrogens (tertiary/aromatic N) is 3. The van der Waals surface area contributed by atoms with Crippen LogP contribution in [-0.4, -0.2) is 40.9 Å². The summed E-state index contributed by atoms with van der Waals surface area (Å²) in [6.07, 6.45) is 2.41. The molecule has 3 rings (SSSR count). The lowest BCUT2D eigenvalue weighted by molar-refractivity contribution is 0.0947. The second kappa shape index (κ2) is 8.35. The molecule has 0 spiro atoms. The zero-order chi connectivity index (χ0) is 17.5. The number of para-hydroxylation sites is 2. The number of hydrogen-bond donors (Lipinski definition) is 1. The summed E-state index contributed by atoms with van der Waals surface area (Å²) in [5, 5.41) is 2.91. The summed E-state index contributed by atoms with van der Waals surface area (Å²) in [6, 6.07) is 17.9. The van der Waals surface area contributed by atoms with Crippen LogP contribution in [-0.2, 0) is 6.54 Å². The standard InChI is InChI=1S/C20H22N4O/c1-24(15-16-8-3-2-4-9-16)13-7-12-21-20(25)19-14-22-17-10-5-6-11-18(17)23-19/h2-6,8-11,14H,7,12-13,15H2,1H3,(H,21,25). The van der Waals surface area contributed by atoms with Crippen LogP contribution in [0.1, 0.15) is 22.5 Å². The molecular formula is C20H22N4O. The Labute approximate surface area is 147 Å². The number of rotatable bonds is 7. The van der Waals surface area contributed by atoms with Gasteiger partial charge in [-0.1, -0.05) is 42.5 Å². The van der Waals surface area contributed by atoms with E-state index < -0.39 is 0 Å². The SMILES string of the molecule is CN(CCCNC(=O)c1cnc2ccccc2n1)Cc1ccccc1. The maximum Gasteiger partial charge on any atom is 0.271 e. The summed E-state index contributed by atoms with van der Waals surface area (Å²) in [4.78, 5) is 23.1. The Balaban J connectivity index is 1.44. The first-order valence-electron chi connectivity index (χ1n) is 8.45. The molecule has 0 fully saturated rings. The summed E-state index contributed by atoms with van der Waals surface area (Å²) in [7, 11) is 2.09. The molecule has 2 aromatic carbocycles. The van der Waals surface area contributed by atoms with E-state index in [1.54, 1.807) is 0 Å². The summed E-state index contributed by atoms with van der Waals surface area (Å²) in [5.41, 5.74) is 3.18. The van der Waals surface area contributed by atoms with Crippen molar-refractivity contribution in [2.45, 2.75) is 13.0 Å². The number of fused-ring (bicyclic) bond motifs is 1. The van der Waals surface area contributed by atoms with Crippen molar-refractivity contribution >= 4 is 16.9 Å². The van der Waals surface area contributed by atoms with E-state index in [1.807, 2.05) is 42.5 Å². The Hall–Kier alpha value is -2.79. The molecule has 5 nitrogen and oxygen atoms in total. The van der Waals surface area contributed by atoms with E-state index >= 15 is 0 Å². The van der Waals surface area contributed by atoms with Crippen LogP contribution in [0.15, 0.2) is 60.8 Å². The van der Waals surface area contributed by atoms with Crippen LogP contribution >= 0.6 is 0 Å². The number of benzene rings is 2. The average molecular weight is 334 g/mol. The third-order valence-corrected chi connectivity index (χ3v) is 3.98. The van der Waals surface area contributed by atoms with Crippen molar-refractivity contribution in [1.82, 2.24) is 20.2 Å². The van der Waals surface area contributed by atoms with Crippen LogP contribution in [0.3, 0.4) is 0 Å². The van der Waals surface area contributed by atoms with E-state index in [0.29, 0.717) is 12.2 Å². The minimum absolute atomic E-state index is 0.177. The van der Waals surface area contributed by atoms with Gasteiger partial charge in [0, 0.05) is 13.1 Å². The Morgan fingerprint density at radius 3 is 2.56 bits per heavy atom. The van der Waals surface area contributed by atoms with Crippen LogP contribution in [0.5, 0.6) is 0 Å². The van der Waals surface area contributed by atoms with E-state index in [9.17, 15) is 4.79 Å². The molecule has 0 saturated heterocycles. The molecule has 0 radical (unpaired) electrons. The largest absolute Gasteiger partial charge is 0.351 e. The van der Waals surface area contributed by atoms with Crippen molar-refractivity contribution < 1.29 is 4.79 Å². The maximum atomic E-state index is 12.2. The highest BCUT2D eigenvalue weighted by atomic mass is 16.1. The normalized spacial score (nSPS) is 11.0. The molecule has 1 aromatic heterocycles. The second-order valence-electron chi connectivity index (χ2n) is 6.08. The maximum absolute atomic E-state index is 12.2. The number of carbonyl (C=O) groups is 1. The van der Waals surface area contributed by atoms with Gasteiger partial charge >= 0.3 is 0 Å². The molecule has 0 unspecified atom stereocenters. The molecule has 5 heteroatoms. The van der Waals surface area contributed by atoms with Crippen LogP contribution in [0.4, 0.5) is 0 Å². The summed E-state index contributed by atoms with van der Waals surface area (Å²) < 4.78 is 0. The minimum Gasteiger partial charge on any atom is -0.351 e. The van der Waals surface area contributed by atoms with Crippen molar-refractivity contribution in [2.24, 2.45) is 0 Å². The van der Waals surface area contributed by atoms with Crippen LogP contribution < -0.4 is 5.32 Å². The lowest BCUT2D eigenvalue weighted by Gasteiger charge is -2.16. The van der Waals surface area contributed by atoms with Gasteiger partial charge in [0.25, 0.3) is 5.91 Å². The number of carbonyl (C=O) groups excluding carboxylic acids is 1. The van der Waals surface area contributed by atoms with E-state index in [1.165, 1.54) is 11.8 Å². The first-order chi connectivity index (χ1) is 12.2. The predicted molar refractivity (Wildman–Crippen MR) is 99.3 cm³/mol. The molecule has 3 aromatic rings. The molecule has 1 heterocycles. The van der Waals surface area contributed by atoms with Gasteiger partial charge in [0.1, 0.15) is 5.69 Å². The molecule has 0 aliphatic heterocycles. The molecule has 0 saturated carbocycles. The van der Waals surface area contributed by atoms with Gasteiger partial charge in [-0.3, -0.25) is 9.78 Å². The molecule has 0 aliphatic carbocycles. The van der Waals surface area contributed by atoms with Gasteiger partial charge in [-0.2, -0.15) is 0 Å². The lowest BCUT2D eigenvalue weighted by atomic mass is 10.2. The summed E-state index contributed by atoms with van der Waals surface area (Å²) >= 11 is 0. The Kier molecular flexibility index (Phi) is 5.69. The Bertz CT molecular complexity index is 835. The van der Waals surface area contributed by atoms with E-state index in [2.05, 4.69) is 39.4 Å². The first kappa shape index (κ1) is 17.0. The van der Waals surface area contributed by atoms with Crippen molar-refractivity contribution in [3.8, 4) is 0 Å². The molecule has 25 heavy (non-hydrogen) atoms. The molecule has 0 aliphatic rings. The van der Waals surface area contributed by atoms with E-state index in [4.69, 9.17) is 0 Å². The minimum atomic E-state index is -0.177. The van der Waals surface area contributed by atoms with Crippen LogP contribution in [0, 0.1) is 0 Å². The molecule has 0 bridgehead atoms. The number of aromatic nitrogens is 2. The zero-order valence-electron chi connectivity index (χ0n) is 14.4. The second-order valence-corrected chi connectivity index (χ2v) is 6.08. The number of nitrogens with one attached hydrogen (secondary N) is 1. The molecule has 128 valence electrons. The fourth-order valence-corrected chi connectivity index (χ4v) is 2.68. The number of hydrogen-bond acceptors (Lipinski definition) is 4. The van der Waals surface area contributed by atoms with Gasteiger partial charge < -0.3 is 10.2 Å². The van der Waals surface area contributed by atoms with Crippen molar-refractivity contribution in [1.29, 1.82) is 0 Å². The molecule has 1 N–H and O–H groups in total. The number of amides is 1. The van der Waals surface area contributed by atoms with Crippen molar-refractivity contribution in [2.75, 3.05) is 20.1 Å². The zero-order valence-corrected chi connectivity index (χ0v) is 14.4. The fourth-order valence-electron chi connectivity index (χ4n) is 2.68. The molecular weight excluding hydrogens is 312 g/mol. The fraction of sp³-hybridized carbons (Fsp3) is 0.250. The van der Waals surface area contributed by atoms with Crippen molar-refractivity contribution in [3.05, 3.63) is 72.1 Å². The summed E-state index contributed by atoms with van der Waals surface area (Å²) in [5.74, 6) is -0.177. The quantitative estimate of drug-likeness (QED) is 0.675. The smallest absolute Gasteiger partial charge is 0.271 e. The summed E-state index contributed by atoms with van der Waals surface area (Å²) in [6.45, 7) is 2.44. The van der Waals surface area contributed by atoms with Crippen LogP contribution in [0.2, 0.25) is 0 Å². The van der Waals surface area contributed by atoms with Gasteiger partial charge in [-0.05, 0) is 37.7 Å². The van der Waals surface area contributed by atoms with Gasteiger partial charge in [-0.15, -0.1) is 0 Å². The molecule has 0 atom stereocenters. The Morgan fingerprint density at radius 1 is 1.04 bits per heavy atom. The topological polar surface area (TPSA) is 58.1 Å². The Morgan fingerprint density at radius 2 is 1.76 bits per heavy atom. The lowest BCUT2D eigenvalue weighted by Crippen LogP contribution is -2.28. The van der Waals surface area contributed by atoms with Gasteiger partial charge in [0.15, 0.2) is 0 Å².